The quantitative estimate of drug-likeness (QED) is 0.905. The zero-order chi connectivity index (χ0) is 14.0. The maximum absolute atomic E-state index is 11.4. The number of piperidine rings is 1. The fourth-order valence-corrected chi connectivity index (χ4v) is 3.45. The molecule has 1 aliphatic rings. The molecule has 104 valence electrons. The van der Waals surface area contributed by atoms with E-state index in [1.807, 2.05) is 30.0 Å². The Morgan fingerprint density at radius 3 is 2.95 bits per heavy atom. The maximum atomic E-state index is 11.4. The van der Waals surface area contributed by atoms with Gasteiger partial charge >= 0.3 is 5.97 Å². The van der Waals surface area contributed by atoms with E-state index in [4.69, 9.17) is 11.6 Å². The van der Waals surface area contributed by atoms with E-state index >= 15 is 0 Å². The van der Waals surface area contributed by atoms with Crippen molar-refractivity contribution in [1.82, 2.24) is 4.90 Å². The van der Waals surface area contributed by atoms with Gasteiger partial charge in [-0.1, -0.05) is 40.5 Å². The van der Waals surface area contributed by atoms with E-state index in [2.05, 4.69) is 15.9 Å². The van der Waals surface area contributed by atoms with Crippen LogP contribution in [-0.2, 0) is 11.3 Å². The van der Waals surface area contributed by atoms with Gasteiger partial charge in [0.1, 0.15) is 6.04 Å². The van der Waals surface area contributed by atoms with E-state index in [0.29, 0.717) is 11.6 Å². The van der Waals surface area contributed by atoms with Gasteiger partial charge in [-0.15, -0.1) is 0 Å². The summed E-state index contributed by atoms with van der Waals surface area (Å²) in [4.78, 5) is 13.4. The Hall–Kier alpha value is -0.580. The summed E-state index contributed by atoms with van der Waals surface area (Å²) in [5.41, 5.74) is 0.977. The van der Waals surface area contributed by atoms with Crippen molar-refractivity contribution >= 4 is 33.5 Å². The summed E-state index contributed by atoms with van der Waals surface area (Å²) in [6, 6.07) is 5.32. The molecular weight excluding hydrogens is 330 g/mol. The van der Waals surface area contributed by atoms with Crippen molar-refractivity contribution in [1.29, 1.82) is 0 Å². The van der Waals surface area contributed by atoms with Crippen molar-refractivity contribution < 1.29 is 9.90 Å². The molecule has 1 heterocycles. The molecule has 19 heavy (non-hydrogen) atoms. The minimum absolute atomic E-state index is 0.181. The minimum Gasteiger partial charge on any atom is -0.480 e. The molecule has 1 aromatic rings. The standard InChI is InChI=1S/C14H17BrClNO2/c1-9-3-2-6-17(13(9)14(18)19)8-10-4-5-11(15)7-12(10)16/h4-5,7,9,13H,2-3,6,8H2,1H3,(H,18,19). The first-order chi connectivity index (χ1) is 8.99. The lowest BCUT2D eigenvalue weighted by Crippen LogP contribution is -2.48. The summed E-state index contributed by atoms with van der Waals surface area (Å²) in [7, 11) is 0. The Balaban J connectivity index is 2.18. The molecule has 2 unspecified atom stereocenters. The van der Waals surface area contributed by atoms with Gasteiger partial charge in [-0.05, 0) is 43.0 Å². The van der Waals surface area contributed by atoms with Crippen LogP contribution >= 0.6 is 27.5 Å². The van der Waals surface area contributed by atoms with Crippen molar-refractivity contribution in [3.8, 4) is 0 Å². The van der Waals surface area contributed by atoms with Gasteiger partial charge in [0.2, 0.25) is 0 Å². The van der Waals surface area contributed by atoms with Crippen LogP contribution in [0.25, 0.3) is 0 Å². The fraction of sp³-hybridized carbons (Fsp3) is 0.500. The average molecular weight is 347 g/mol. The predicted octanol–water partition coefficient (Wildman–Crippen LogP) is 3.79. The van der Waals surface area contributed by atoms with Gasteiger partial charge in [-0.3, -0.25) is 9.69 Å². The molecule has 1 fully saturated rings. The Kier molecular flexibility index (Phi) is 4.87. The van der Waals surface area contributed by atoms with Gasteiger partial charge in [-0.25, -0.2) is 0 Å². The third-order valence-electron chi connectivity index (χ3n) is 3.68. The topological polar surface area (TPSA) is 40.5 Å². The summed E-state index contributed by atoms with van der Waals surface area (Å²) < 4.78 is 0.933. The van der Waals surface area contributed by atoms with Gasteiger partial charge in [0.25, 0.3) is 0 Å². The van der Waals surface area contributed by atoms with Crippen molar-refractivity contribution in [2.45, 2.75) is 32.4 Å². The molecule has 1 saturated heterocycles. The number of carboxylic acid groups (broad SMARTS) is 1. The first-order valence-electron chi connectivity index (χ1n) is 6.40. The second-order valence-electron chi connectivity index (χ2n) is 5.11. The molecule has 2 rings (SSSR count). The molecule has 3 nitrogen and oxygen atoms in total. The Morgan fingerprint density at radius 1 is 1.58 bits per heavy atom. The lowest BCUT2D eigenvalue weighted by molar-refractivity contribution is -0.147. The Bertz CT molecular complexity index is 481. The highest BCUT2D eigenvalue weighted by atomic mass is 79.9. The van der Waals surface area contributed by atoms with Gasteiger partial charge < -0.3 is 5.11 Å². The van der Waals surface area contributed by atoms with Crippen LogP contribution in [0.15, 0.2) is 22.7 Å². The number of hydrogen-bond donors (Lipinski definition) is 1. The lowest BCUT2D eigenvalue weighted by atomic mass is 9.90. The number of carbonyl (C=O) groups is 1. The summed E-state index contributed by atoms with van der Waals surface area (Å²) in [5.74, 6) is -0.555. The highest BCUT2D eigenvalue weighted by molar-refractivity contribution is 9.10. The lowest BCUT2D eigenvalue weighted by Gasteiger charge is -2.37. The molecule has 1 aromatic carbocycles. The summed E-state index contributed by atoms with van der Waals surface area (Å²) >= 11 is 9.58. The van der Waals surface area contributed by atoms with Gasteiger partial charge in [0.05, 0.1) is 0 Å². The average Bonchev–Trinajstić information content (AvgIpc) is 2.32. The number of nitrogens with zero attached hydrogens (tertiary/aromatic N) is 1. The summed E-state index contributed by atoms with van der Waals surface area (Å²) in [6.45, 7) is 3.41. The smallest absolute Gasteiger partial charge is 0.321 e. The molecule has 1 aliphatic heterocycles. The Morgan fingerprint density at radius 2 is 2.32 bits per heavy atom. The SMILES string of the molecule is CC1CCCN(Cc2ccc(Br)cc2Cl)C1C(=O)O. The van der Waals surface area contributed by atoms with Crippen LogP contribution in [0, 0.1) is 5.92 Å². The third-order valence-corrected chi connectivity index (χ3v) is 4.52. The van der Waals surface area contributed by atoms with E-state index in [1.165, 1.54) is 0 Å². The number of carboxylic acids is 1. The number of aliphatic carboxylic acids is 1. The van der Waals surface area contributed by atoms with Crippen LogP contribution in [0.3, 0.4) is 0 Å². The van der Waals surface area contributed by atoms with Crippen molar-refractivity contribution in [3.63, 3.8) is 0 Å². The van der Waals surface area contributed by atoms with Crippen LogP contribution in [0.1, 0.15) is 25.3 Å². The van der Waals surface area contributed by atoms with E-state index in [-0.39, 0.29) is 5.92 Å². The second-order valence-corrected chi connectivity index (χ2v) is 6.43. The highest BCUT2D eigenvalue weighted by Gasteiger charge is 2.34. The number of halogens is 2. The van der Waals surface area contributed by atoms with Crippen molar-refractivity contribution in [2.24, 2.45) is 5.92 Å². The highest BCUT2D eigenvalue weighted by Crippen LogP contribution is 2.28. The molecule has 0 saturated carbocycles. The number of likely N-dealkylation sites (tertiary alicyclic amines) is 1. The first kappa shape index (κ1) is 14.8. The monoisotopic (exact) mass is 345 g/mol. The van der Waals surface area contributed by atoms with Crippen LogP contribution in [-0.4, -0.2) is 28.6 Å². The molecule has 1 N–H and O–H groups in total. The fourth-order valence-electron chi connectivity index (χ4n) is 2.72. The molecule has 5 heteroatoms. The van der Waals surface area contributed by atoms with Crippen molar-refractivity contribution in [3.05, 3.63) is 33.3 Å². The number of hydrogen-bond acceptors (Lipinski definition) is 2. The molecule has 0 spiro atoms. The molecule has 0 bridgehead atoms. The van der Waals surface area contributed by atoms with Crippen LogP contribution in [0.5, 0.6) is 0 Å². The maximum Gasteiger partial charge on any atom is 0.321 e. The predicted molar refractivity (Wildman–Crippen MR) is 79.4 cm³/mol. The van der Waals surface area contributed by atoms with Crippen LogP contribution in [0.2, 0.25) is 5.02 Å². The van der Waals surface area contributed by atoms with E-state index in [1.54, 1.807) is 0 Å². The largest absolute Gasteiger partial charge is 0.480 e. The van der Waals surface area contributed by atoms with Gasteiger partial charge in [-0.2, -0.15) is 0 Å². The van der Waals surface area contributed by atoms with E-state index in [0.717, 1.165) is 29.4 Å². The third kappa shape index (κ3) is 3.50. The molecule has 0 aliphatic carbocycles. The first-order valence-corrected chi connectivity index (χ1v) is 7.57. The van der Waals surface area contributed by atoms with E-state index in [9.17, 15) is 9.90 Å². The Labute approximate surface area is 126 Å². The summed E-state index contributed by atoms with van der Waals surface area (Å²) in [6.07, 6.45) is 2.01. The van der Waals surface area contributed by atoms with E-state index < -0.39 is 12.0 Å². The molecule has 0 amide bonds. The van der Waals surface area contributed by atoms with Gasteiger partial charge in [0, 0.05) is 16.0 Å². The van der Waals surface area contributed by atoms with Gasteiger partial charge in [0.15, 0.2) is 0 Å². The zero-order valence-electron chi connectivity index (χ0n) is 10.8. The molecule has 0 radical (unpaired) electrons. The normalized spacial score (nSPS) is 24.4. The molecule has 2 atom stereocenters. The number of rotatable bonds is 3. The second kappa shape index (κ2) is 6.25. The molecule has 0 aromatic heterocycles. The number of benzene rings is 1. The zero-order valence-corrected chi connectivity index (χ0v) is 13.1. The van der Waals surface area contributed by atoms with Crippen LogP contribution in [0.4, 0.5) is 0 Å². The summed E-state index contributed by atoms with van der Waals surface area (Å²) in [5, 5.41) is 10.1. The molecular formula is C14H17BrClNO2. The minimum atomic E-state index is -0.736. The van der Waals surface area contributed by atoms with Crippen molar-refractivity contribution in [2.75, 3.05) is 6.54 Å². The van der Waals surface area contributed by atoms with Crippen LogP contribution < -0.4 is 0 Å².